The summed E-state index contributed by atoms with van der Waals surface area (Å²) in [4.78, 5) is 34.5. The molecule has 1 unspecified atom stereocenters. The molecule has 87 heavy (non-hydrogen) atoms. The number of aromatic nitrogens is 4. The molecule has 30 heteroatoms. The van der Waals surface area contributed by atoms with Crippen molar-refractivity contribution in [1.29, 1.82) is 0 Å². The predicted molar refractivity (Wildman–Crippen MR) is 301 cm³/mol. The van der Waals surface area contributed by atoms with Gasteiger partial charge in [0.1, 0.15) is 24.4 Å². The van der Waals surface area contributed by atoms with E-state index in [1.54, 1.807) is 0 Å². The monoisotopic (exact) mass is 1310 g/mol. The lowest BCUT2D eigenvalue weighted by molar-refractivity contribution is -0.142. The van der Waals surface area contributed by atoms with E-state index < -0.39 is 69.2 Å². The molecule has 0 aliphatic heterocycles. The van der Waals surface area contributed by atoms with E-state index in [2.05, 4.69) is 19.4 Å². The van der Waals surface area contributed by atoms with Crippen LogP contribution in [0.3, 0.4) is 0 Å². The minimum Gasteiger partial charge on any atom is -0.493 e. The first kappa shape index (κ1) is 71.3. The van der Waals surface area contributed by atoms with Crippen LogP contribution >= 0.6 is 32.4 Å². The van der Waals surface area contributed by atoms with Gasteiger partial charge < -0.3 is 43.1 Å². The van der Waals surface area contributed by atoms with Gasteiger partial charge in [0.2, 0.25) is 0 Å². The molecule has 0 spiro atoms. The van der Waals surface area contributed by atoms with Crippen LogP contribution in [0.15, 0.2) is 72.8 Å². The number of halogens is 14. The van der Waals surface area contributed by atoms with Crippen LogP contribution in [0.2, 0.25) is 10.0 Å². The summed E-state index contributed by atoms with van der Waals surface area (Å²) >= 11 is 11.6. The fourth-order valence-electron chi connectivity index (χ4n) is 8.18. The fraction of sp³-hybridized carbons (Fsp3) is 0.421. The van der Waals surface area contributed by atoms with Crippen molar-refractivity contribution in [2.24, 2.45) is 14.1 Å². The van der Waals surface area contributed by atoms with Gasteiger partial charge in [-0.2, -0.15) is 62.9 Å². The average molecular weight is 1310 g/mol. The van der Waals surface area contributed by atoms with Crippen molar-refractivity contribution in [1.82, 2.24) is 19.6 Å². The lowest BCUT2D eigenvalue weighted by atomic mass is 9.96. The van der Waals surface area contributed by atoms with Gasteiger partial charge in [-0.3, -0.25) is 19.0 Å². The second-order valence-corrected chi connectivity index (χ2v) is 19.1. The second-order valence-electron chi connectivity index (χ2n) is 18.3. The number of aryl methyl sites for hydroxylation is 2. The van der Waals surface area contributed by atoms with Crippen LogP contribution in [-0.4, -0.2) is 109 Å². The number of hydrogen-bond donors (Lipinski definition) is 1. The number of carbonyl (C=O) groups excluding carboxylic acids is 3. The van der Waals surface area contributed by atoms with Crippen LogP contribution in [0.5, 0.6) is 23.0 Å². The number of rotatable bonds is 27. The van der Waals surface area contributed by atoms with E-state index in [1.807, 2.05) is 0 Å². The molecule has 0 amide bonds. The Bertz CT molecular complexity index is 3250. The molecule has 4 aromatic carbocycles. The first-order chi connectivity index (χ1) is 41.4. The highest BCUT2D eigenvalue weighted by molar-refractivity contribution is 7.15. The highest BCUT2D eigenvalue weighted by Gasteiger charge is 2.39. The molecular weight excluding hydrogens is 1250 g/mol. The van der Waals surface area contributed by atoms with Gasteiger partial charge in [0.15, 0.2) is 22.9 Å². The molecule has 1 atom stereocenters. The zero-order chi connectivity index (χ0) is 65.6. The van der Waals surface area contributed by atoms with Crippen LogP contribution < -0.4 is 18.9 Å². The predicted octanol–water partition coefficient (Wildman–Crippen LogP) is 14.6. The van der Waals surface area contributed by atoms with E-state index in [0.29, 0.717) is 71.3 Å². The van der Waals surface area contributed by atoms with Gasteiger partial charge in [-0.1, -0.05) is 42.0 Å². The molecule has 2 heterocycles. The van der Waals surface area contributed by atoms with Crippen LogP contribution in [0.25, 0.3) is 44.8 Å². The largest absolute Gasteiger partial charge is 0.493 e. The number of nitrogens with zero attached hydrogens (tertiary/aromatic N) is 4. The van der Waals surface area contributed by atoms with E-state index >= 15 is 0 Å². The molecule has 15 nitrogen and oxygen atoms in total. The summed E-state index contributed by atoms with van der Waals surface area (Å²) in [6, 6.07) is 13.0. The Morgan fingerprint density at radius 1 is 0.563 bits per heavy atom. The highest BCUT2D eigenvalue weighted by Crippen LogP contribution is 2.50. The van der Waals surface area contributed by atoms with E-state index in [-0.39, 0.29) is 107 Å². The third-order valence-corrected chi connectivity index (χ3v) is 12.6. The van der Waals surface area contributed by atoms with Gasteiger partial charge in [-0.05, 0) is 110 Å². The van der Waals surface area contributed by atoms with Gasteiger partial charge in [0, 0.05) is 53.7 Å². The molecule has 0 radical (unpaired) electrons. The standard InChI is InChI=1S/C29H29ClF6N2O6.C27H27ClF6N2O5.CH5P/c1-18(40)44-27-20(23-17-25(29(34,35)36)37-38(23)2)7-9-24(43-12-5-3-4-11-41-14-15-42-13-10-39)26(27)19-6-8-22(30)21(16-19)28(31,32)33;1-16(38)41-25-18(21-15-23(27(32,33)34)35-36(21)2)7-9-22(40-12-5-3-4-11-39-13-10-37)24(25)17-6-8-20(28)19(14-17)26(29,30)31;1-2/h6-10,16-17H,3-5,11-15H2,1-2H3;6-9,14-15,37H,3-5,10-13H2,1-2H3;2H2,1H3/i;;1D. The topological polar surface area (TPSA) is 172 Å². The smallest absolute Gasteiger partial charge is 0.435 e. The number of carbonyl (C=O) groups is 3. The maximum Gasteiger partial charge on any atom is 0.435 e. The summed E-state index contributed by atoms with van der Waals surface area (Å²) in [5.74, 6) is -2.29. The number of benzene rings is 4. The van der Waals surface area contributed by atoms with E-state index in [0.717, 1.165) is 59.6 Å². The highest BCUT2D eigenvalue weighted by atomic mass is 35.5. The summed E-state index contributed by atoms with van der Waals surface area (Å²) < 4.78 is 209. The zero-order valence-corrected chi connectivity index (χ0v) is 49.7. The molecule has 2 aromatic heterocycles. The number of unbranched alkanes of at least 4 members (excludes halogenated alkanes) is 4. The third kappa shape index (κ3) is 21.7. The average Bonchev–Trinajstić information content (AvgIpc) is 1.27. The Hall–Kier alpha value is -6.48. The van der Waals surface area contributed by atoms with Crippen LogP contribution in [-0.2, 0) is 67.4 Å². The summed E-state index contributed by atoms with van der Waals surface area (Å²) in [5.41, 5.74) is -5.39. The quantitative estimate of drug-likeness (QED) is 0.0129. The number of alkyl halides is 12. The summed E-state index contributed by atoms with van der Waals surface area (Å²) in [6.45, 7) is 4.31. The number of aliphatic hydroxyl groups is 1. The third-order valence-electron chi connectivity index (χ3n) is 11.9. The van der Waals surface area contributed by atoms with Gasteiger partial charge in [0.25, 0.3) is 0 Å². The maximum atomic E-state index is 13.8. The molecule has 0 saturated heterocycles. The molecule has 0 saturated carbocycles. The van der Waals surface area contributed by atoms with Gasteiger partial charge in [0.05, 0.1) is 83.3 Å². The molecule has 0 fully saturated rings. The molecule has 478 valence electrons. The molecule has 0 aliphatic carbocycles. The lowest BCUT2D eigenvalue weighted by Crippen LogP contribution is -2.09. The van der Waals surface area contributed by atoms with Crippen molar-refractivity contribution in [3.63, 3.8) is 0 Å². The number of hydrogen-bond acceptors (Lipinski definition) is 13. The van der Waals surface area contributed by atoms with E-state index in [9.17, 15) is 67.1 Å². The summed E-state index contributed by atoms with van der Waals surface area (Å²) in [6.07, 6.45) is -14.9. The molecule has 0 bridgehead atoms. The zero-order valence-electron chi connectivity index (χ0n) is 48.0. The fourth-order valence-corrected chi connectivity index (χ4v) is 8.63. The van der Waals surface area contributed by atoms with Crippen LogP contribution in [0.1, 0.15) is 76.3 Å². The van der Waals surface area contributed by atoms with Crippen molar-refractivity contribution in [3.05, 3.63) is 105 Å². The Morgan fingerprint density at radius 2 is 0.943 bits per heavy atom. The summed E-state index contributed by atoms with van der Waals surface area (Å²) in [5, 5.41) is 14.6. The van der Waals surface area contributed by atoms with Crippen LogP contribution in [0.4, 0.5) is 52.7 Å². The maximum absolute atomic E-state index is 13.8. The summed E-state index contributed by atoms with van der Waals surface area (Å²) in [7, 11) is 4.74. The normalized spacial score (nSPS) is 11.9. The first-order valence-corrected chi connectivity index (χ1v) is 27.7. The minimum absolute atomic E-state index is 0.00690. The van der Waals surface area contributed by atoms with Crippen molar-refractivity contribution in [3.8, 4) is 67.8 Å². The van der Waals surface area contributed by atoms with Crippen molar-refractivity contribution in [2.75, 3.05) is 66.1 Å². The SMILES string of the molecule is CC(=O)Oc1c(-c2cc(C(F)(F)F)nn2C)ccc(OCCCCCOCCO)c1-c1ccc(Cl)c(C(F)(F)F)c1.CC(=O)Oc1c(-c2cc(C(F)(F)F)nn2C)ccc(OCCCCCOCCOCC=O)c1-c1ccc(Cl)c(C(F)(F)F)c1.[2H]CP. The van der Waals surface area contributed by atoms with Crippen LogP contribution in [0, 0.1) is 0 Å². The number of aldehydes is 1. The number of aliphatic hydroxyl groups excluding tert-OH is 1. The van der Waals surface area contributed by atoms with Gasteiger partial charge in [-0.25, -0.2) is 0 Å². The van der Waals surface area contributed by atoms with E-state index in [4.69, 9.17) is 62.8 Å². The molecule has 0 aliphatic rings. The molecular formula is C57H61Cl2F12N4O11P. The molecule has 6 aromatic rings. The molecule has 6 rings (SSSR count). The Kier molecular flexibility index (Phi) is 27.7. The number of ether oxygens (including phenoxy) is 7. The Balaban J connectivity index is 0.000000361. The lowest BCUT2D eigenvalue weighted by Gasteiger charge is -2.20. The Morgan fingerprint density at radius 3 is 1.29 bits per heavy atom. The van der Waals surface area contributed by atoms with E-state index in [1.165, 1.54) is 50.5 Å². The van der Waals surface area contributed by atoms with Crippen molar-refractivity contribution >= 4 is 50.7 Å². The Labute approximate surface area is 505 Å². The van der Waals surface area contributed by atoms with Gasteiger partial charge >= 0.3 is 36.6 Å². The van der Waals surface area contributed by atoms with Crippen molar-refractivity contribution < 1.29 is 107 Å². The van der Waals surface area contributed by atoms with Gasteiger partial charge in [-0.15, -0.1) is 9.24 Å². The molecule has 1 N–H and O–H groups in total. The first-order valence-electron chi connectivity index (χ1n) is 26.8. The number of esters is 2. The van der Waals surface area contributed by atoms with Crippen molar-refractivity contribution in [2.45, 2.75) is 77.1 Å². The second kappa shape index (κ2) is 33.8. The minimum atomic E-state index is -4.83.